The van der Waals surface area contributed by atoms with E-state index in [1.807, 2.05) is 0 Å². The van der Waals surface area contributed by atoms with Gasteiger partial charge in [-0.2, -0.15) is 0 Å². The number of hydrogen-bond donors (Lipinski definition) is 0. The SMILES string of the molecule is Cc1c2ccccc2c(C#C[Si](c2ccccc2)(c2ccccc2)c2ccccc2)c2ccc(-c3ccccc3)cc12. The quantitative estimate of drug-likeness (QED) is 0.0901. The number of hydrogen-bond acceptors (Lipinski definition) is 0. The van der Waals surface area contributed by atoms with Crippen molar-refractivity contribution >= 4 is 45.2 Å². The molecule has 0 saturated carbocycles. The summed E-state index contributed by atoms with van der Waals surface area (Å²) in [5.41, 5.74) is 8.88. The molecule has 0 nitrogen and oxygen atoms in total. The first-order valence-electron chi connectivity index (χ1n) is 14.5. The highest BCUT2D eigenvalue weighted by atomic mass is 28.3. The van der Waals surface area contributed by atoms with Crippen LogP contribution in [0.3, 0.4) is 0 Å². The summed E-state index contributed by atoms with van der Waals surface area (Å²) in [5, 5.41) is 8.80. The monoisotopic (exact) mass is 550 g/mol. The van der Waals surface area contributed by atoms with E-state index in [2.05, 4.69) is 182 Å². The number of rotatable bonds is 4. The molecular formula is C41H30Si. The first-order chi connectivity index (χ1) is 20.8. The molecule has 0 N–H and O–H groups in total. The first-order valence-corrected chi connectivity index (χ1v) is 16.5. The molecule has 7 aromatic rings. The van der Waals surface area contributed by atoms with Crippen molar-refractivity contribution in [2.75, 3.05) is 0 Å². The number of fused-ring (bicyclic) bond motifs is 2. The second kappa shape index (κ2) is 11.0. The van der Waals surface area contributed by atoms with Crippen LogP contribution in [0.15, 0.2) is 164 Å². The Bertz CT molecular complexity index is 1970. The fourth-order valence-electron chi connectivity index (χ4n) is 6.27. The van der Waals surface area contributed by atoms with Gasteiger partial charge < -0.3 is 0 Å². The van der Waals surface area contributed by atoms with Crippen LogP contribution in [0.25, 0.3) is 32.7 Å². The van der Waals surface area contributed by atoms with Gasteiger partial charge in [-0.15, -0.1) is 5.54 Å². The molecule has 7 aromatic carbocycles. The highest BCUT2D eigenvalue weighted by molar-refractivity contribution is 7.16. The lowest BCUT2D eigenvalue weighted by atomic mass is 9.90. The van der Waals surface area contributed by atoms with Gasteiger partial charge in [-0.1, -0.05) is 164 Å². The van der Waals surface area contributed by atoms with E-state index in [-0.39, 0.29) is 0 Å². The molecule has 0 aliphatic carbocycles. The predicted octanol–water partition coefficient (Wildman–Crippen LogP) is 8.03. The van der Waals surface area contributed by atoms with Crippen molar-refractivity contribution in [1.82, 2.24) is 0 Å². The van der Waals surface area contributed by atoms with E-state index in [1.54, 1.807) is 0 Å². The Kier molecular flexibility index (Phi) is 6.76. The van der Waals surface area contributed by atoms with Gasteiger partial charge >= 0.3 is 0 Å². The fourth-order valence-corrected chi connectivity index (χ4v) is 10.1. The van der Waals surface area contributed by atoms with Crippen molar-refractivity contribution in [2.24, 2.45) is 0 Å². The largest absolute Gasteiger partial charge is 0.230 e. The second-order valence-electron chi connectivity index (χ2n) is 10.8. The molecule has 1 heteroatoms. The minimum Gasteiger partial charge on any atom is -0.109 e. The normalized spacial score (nSPS) is 11.3. The smallest absolute Gasteiger partial charge is 0.109 e. The van der Waals surface area contributed by atoms with Crippen molar-refractivity contribution in [3.05, 3.63) is 175 Å². The zero-order valence-corrected chi connectivity index (χ0v) is 24.6. The summed E-state index contributed by atoms with van der Waals surface area (Å²) in [6, 6.07) is 59.0. The first kappa shape index (κ1) is 25.8. The third-order valence-corrected chi connectivity index (χ3v) is 12.5. The van der Waals surface area contributed by atoms with E-state index in [0.29, 0.717) is 0 Å². The molecule has 0 saturated heterocycles. The topological polar surface area (TPSA) is 0 Å². The molecule has 198 valence electrons. The highest BCUT2D eigenvalue weighted by Gasteiger charge is 2.38. The summed E-state index contributed by atoms with van der Waals surface area (Å²) in [4.78, 5) is 0. The van der Waals surface area contributed by atoms with Gasteiger partial charge in [0.1, 0.15) is 0 Å². The van der Waals surface area contributed by atoms with Crippen molar-refractivity contribution < 1.29 is 0 Å². The van der Waals surface area contributed by atoms with Crippen LogP contribution in [0.4, 0.5) is 0 Å². The molecule has 0 heterocycles. The van der Waals surface area contributed by atoms with Crippen LogP contribution in [0.1, 0.15) is 11.1 Å². The summed E-state index contributed by atoms with van der Waals surface area (Å²) < 4.78 is 0. The zero-order valence-electron chi connectivity index (χ0n) is 23.6. The molecular weight excluding hydrogens is 521 g/mol. The lowest BCUT2D eigenvalue weighted by molar-refractivity contribution is 1.56. The zero-order chi connectivity index (χ0) is 28.4. The molecule has 0 bridgehead atoms. The van der Waals surface area contributed by atoms with E-state index < -0.39 is 8.07 Å². The van der Waals surface area contributed by atoms with Gasteiger partial charge in [0.2, 0.25) is 8.07 Å². The maximum absolute atomic E-state index is 4.04. The number of benzene rings is 7. The molecule has 0 fully saturated rings. The van der Waals surface area contributed by atoms with Crippen LogP contribution in [-0.2, 0) is 0 Å². The average Bonchev–Trinajstić information content (AvgIpc) is 3.08. The van der Waals surface area contributed by atoms with Crippen molar-refractivity contribution in [3.8, 4) is 22.6 Å². The van der Waals surface area contributed by atoms with Crippen LogP contribution < -0.4 is 15.6 Å². The van der Waals surface area contributed by atoms with Gasteiger partial charge in [-0.3, -0.25) is 0 Å². The molecule has 42 heavy (non-hydrogen) atoms. The summed E-state index contributed by atoms with van der Waals surface area (Å²) in [7, 11) is -2.72. The Labute approximate surface area is 248 Å². The molecule has 0 aliphatic rings. The fraction of sp³-hybridized carbons (Fsp3) is 0.0244. The third kappa shape index (κ3) is 4.43. The van der Waals surface area contributed by atoms with Crippen molar-refractivity contribution in [2.45, 2.75) is 6.92 Å². The van der Waals surface area contributed by atoms with Gasteiger partial charge in [0.25, 0.3) is 0 Å². The minimum absolute atomic E-state index is 1.10. The average molecular weight is 551 g/mol. The van der Waals surface area contributed by atoms with Crippen LogP contribution in [0, 0.1) is 18.4 Å². The maximum Gasteiger partial charge on any atom is 0.230 e. The highest BCUT2D eigenvalue weighted by Crippen LogP contribution is 2.35. The molecule has 0 atom stereocenters. The molecule has 0 amide bonds. The standard InChI is InChI=1S/C41H30Si/c1-31-37-24-14-15-25-38(37)40(39-27-26-33(30-41(31)39)32-16-6-2-7-17-32)28-29-42(34-18-8-3-9-19-34,35-20-10-4-11-21-35)36-22-12-5-13-23-36/h2-27,30H,1H3. The van der Waals surface area contributed by atoms with Crippen LogP contribution >= 0.6 is 0 Å². The Morgan fingerprint density at radius 2 is 0.857 bits per heavy atom. The molecule has 0 aromatic heterocycles. The lowest BCUT2D eigenvalue weighted by Crippen LogP contribution is -2.66. The molecule has 0 unspecified atom stereocenters. The summed E-state index contributed by atoms with van der Waals surface area (Å²) in [6.45, 7) is 2.24. The van der Waals surface area contributed by atoms with Crippen molar-refractivity contribution in [1.29, 1.82) is 0 Å². The Morgan fingerprint density at radius 1 is 0.405 bits per heavy atom. The summed E-state index contributed by atoms with van der Waals surface area (Å²) >= 11 is 0. The second-order valence-corrected chi connectivity index (χ2v) is 14.3. The van der Waals surface area contributed by atoms with E-state index in [9.17, 15) is 0 Å². The van der Waals surface area contributed by atoms with E-state index in [0.717, 1.165) is 5.56 Å². The Hall–Kier alpha value is -5.16. The van der Waals surface area contributed by atoms with Gasteiger partial charge in [-0.25, -0.2) is 0 Å². The van der Waals surface area contributed by atoms with Crippen LogP contribution in [-0.4, -0.2) is 8.07 Å². The molecule has 0 spiro atoms. The van der Waals surface area contributed by atoms with Gasteiger partial charge in [-0.05, 0) is 66.8 Å². The van der Waals surface area contributed by atoms with Gasteiger partial charge in [0.15, 0.2) is 0 Å². The predicted molar refractivity (Wildman–Crippen MR) is 182 cm³/mol. The van der Waals surface area contributed by atoms with Crippen LogP contribution in [0.2, 0.25) is 0 Å². The van der Waals surface area contributed by atoms with Crippen LogP contribution in [0.5, 0.6) is 0 Å². The van der Waals surface area contributed by atoms with E-state index in [4.69, 9.17) is 0 Å². The Morgan fingerprint density at radius 3 is 1.40 bits per heavy atom. The summed E-state index contributed by atoms with van der Waals surface area (Å²) in [6.07, 6.45) is 0. The lowest BCUT2D eigenvalue weighted by Gasteiger charge is -2.28. The van der Waals surface area contributed by atoms with E-state index >= 15 is 0 Å². The third-order valence-electron chi connectivity index (χ3n) is 8.40. The van der Waals surface area contributed by atoms with Gasteiger partial charge in [0, 0.05) is 5.56 Å². The molecule has 0 radical (unpaired) electrons. The minimum atomic E-state index is -2.72. The Balaban J connectivity index is 1.56. The summed E-state index contributed by atoms with van der Waals surface area (Å²) in [5.74, 6) is 3.87. The van der Waals surface area contributed by atoms with E-state index in [1.165, 1.54) is 53.8 Å². The van der Waals surface area contributed by atoms with Gasteiger partial charge in [0.05, 0.1) is 0 Å². The van der Waals surface area contributed by atoms with Crippen molar-refractivity contribution in [3.63, 3.8) is 0 Å². The maximum atomic E-state index is 4.04. The molecule has 0 aliphatic heterocycles. The molecule has 7 rings (SSSR count). The number of aryl methyl sites for hydroxylation is 1.